The predicted molar refractivity (Wildman–Crippen MR) is 106 cm³/mol. The second kappa shape index (κ2) is 7.90. The van der Waals surface area contributed by atoms with Gasteiger partial charge in [-0.25, -0.2) is 9.18 Å². The zero-order valence-electron chi connectivity index (χ0n) is 15.7. The van der Waals surface area contributed by atoms with Crippen LogP contribution < -0.4 is 15.5 Å². The second-order valence-electron chi connectivity index (χ2n) is 7.17. The Morgan fingerprint density at radius 3 is 2.59 bits per heavy atom. The van der Waals surface area contributed by atoms with Crippen LogP contribution in [0.25, 0.3) is 0 Å². The van der Waals surface area contributed by atoms with Gasteiger partial charge < -0.3 is 20.4 Å². The highest BCUT2D eigenvalue weighted by atomic mass is 19.1. The summed E-state index contributed by atoms with van der Waals surface area (Å²) in [4.78, 5) is 39.8. The highest BCUT2D eigenvalue weighted by Gasteiger charge is 2.32. The first-order valence-corrected chi connectivity index (χ1v) is 9.51. The Hall–Kier alpha value is -3.42. The number of anilines is 2. The molecule has 4 rings (SSSR count). The van der Waals surface area contributed by atoms with E-state index in [0.29, 0.717) is 38.2 Å². The van der Waals surface area contributed by atoms with Crippen LogP contribution in [0.2, 0.25) is 0 Å². The molecule has 29 heavy (non-hydrogen) atoms. The maximum absolute atomic E-state index is 13.0. The molecule has 8 heteroatoms. The predicted octanol–water partition coefficient (Wildman–Crippen LogP) is 2.49. The van der Waals surface area contributed by atoms with Crippen molar-refractivity contribution in [2.75, 3.05) is 23.3 Å². The molecule has 0 saturated carbocycles. The lowest BCUT2D eigenvalue weighted by Gasteiger charge is -2.30. The average Bonchev–Trinajstić information content (AvgIpc) is 3.02. The number of carbonyl (C=O) groups is 3. The Kier molecular flexibility index (Phi) is 5.16. The lowest BCUT2D eigenvalue weighted by atomic mass is 10.1. The topological polar surface area (TPSA) is 81.8 Å². The van der Waals surface area contributed by atoms with Gasteiger partial charge in [-0.05, 0) is 42.3 Å². The molecule has 2 aromatic carbocycles. The van der Waals surface area contributed by atoms with Gasteiger partial charge in [-0.3, -0.25) is 9.59 Å². The molecule has 4 amide bonds. The Morgan fingerprint density at radius 2 is 1.90 bits per heavy atom. The van der Waals surface area contributed by atoms with Crippen molar-refractivity contribution in [3.8, 4) is 0 Å². The molecule has 0 aromatic heterocycles. The van der Waals surface area contributed by atoms with Gasteiger partial charge >= 0.3 is 6.03 Å². The van der Waals surface area contributed by atoms with E-state index in [1.54, 1.807) is 40.1 Å². The van der Waals surface area contributed by atoms with Crippen molar-refractivity contribution in [1.82, 2.24) is 10.2 Å². The van der Waals surface area contributed by atoms with Crippen LogP contribution in [0.3, 0.4) is 0 Å². The minimum absolute atomic E-state index is 0.0596. The number of hydrogen-bond acceptors (Lipinski definition) is 3. The number of amides is 4. The summed E-state index contributed by atoms with van der Waals surface area (Å²) in [5.41, 5.74) is 2.12. The molecule has 0 radical (unpaired) electrons. The fourth-order valence-corrected chi connectivity index (χ4v) is 3.51. The molecule has 2 saturated heterocycles. The van der Waals surface area contributed by atoms with Crippen molar-refractivity contribution in [2.24, 2.45) is 0 Å². The van der Waals surface area contributed by atoms with Crippen LogP contribution in [-0.2, 0) is 16.1 Å². The molecule has 150 valence electrons. The number of halogens is 1. The van der Waals surface area contributed by atoms with Crippen molar-refractivity contribution in [1.29, 1.82) is 0 Å². The average molecular weight is 396 g/mol. The number of β-lactam (4-membered cyclic amide) rings is 1. The highest BCUT2D eigenvalue weighted by Crippen LogP contribution is 2.24. The van der Waals surface area contributed by atoms with E-state index in [4.69, 9.17) is 0 Å². The standard InChI is InChI=1S/C21H21FN4O3/c22-15-6-4-14(5-7-15)13-25-10-8-18(20(25)28)24-21(29)23-16-2-1-3-17(12-16)26-11-9-19(26)27/h1-7,12,18H,8-11,13H2,(H2,23,24,29). The fraction of sp³-hybridized carbons (Fsp3) is 0.286. The summed E-state index contributed by atoms with van der Waals surface area (Å²) in [6.45, 7) is 1.58. The van der Waals surface area contributed by atoms with Crippen LogP contribution in [0.5, 0.6) is 0 Å². The molecule has 1 unspecified atom stereocenters. The van der Waals surface area contributed by atoms with E-state index in [9.17, 15) is 18.8 Å². The molecule has 2 aliphatic heterocycles. The summed E-state index contributed by atoms with van der Waals surface area (Å²) in [6.07, 6.45) is 1.05. The normalized spacial score (nSPS) is 18.6. The van der Waals surface area contributed by atoms with E-state index in [-0.39, 0.29) is 17.6 Å². The van der Waals surface area contributed by atoms with Crippen LogP contribution in [0.15, 0.2) is 48.5 Å². The number of likely N-dealkylation sites (tertiary alicyclic amines) is 1. The number of nitrogens with zero attached hydrogens (tertiary/aromatic N) is 2. The minimum atomic E-state index is -0.601. The van der Waals surface area contributed by atoms with Crippen LogP contribution in [0.4, 0.5) is 20.6 Å². The molecule has 2 N–H and O–H groups in total. The minimum Gasteiger partial charge on any atom is -0.336 e. The zero-order chi connectivity index (χ0) is 20.4. The smallest absolute Gasteiger partial charge is 0.319 e. The summed E-state index contributed by atoms with van der Waals surface area (Å²) < 4.78 is 13.0. The fourth-order valence-electron chi connectivity index (χ4n) is 3.51. The maximum Gasteiger partial charge on any atom is 0.319 e. The SMILES string of the molecule is O=C(Nc1cccc(N2CCC2=O)c1)NC1CCN(Cc2ccc(F)cc2)C1=O. The summed E-state index contributed by atoms with van der Waals surface area (Å²) >= 11 is 0. The van der Waals surface area contributed by atoms with Gasteiger partial charge in [-0.15, -0.1) is 0 Å². The molecule has 2 aromatic rings. The van der Waals surface area contributed by atoms with Crippen molar-refractivity contribution in [3.05, 3.63) is 59.9 Å². The largest absolute Gasteiger partial charge is 0.336 e. The van der Waals surface area contributed by atoms with Gasteiger partial charge in [0.05, 0.1) is 0 Å². The van der Waals surface area contributed by atoms with Crippen LogP contribution in [0, 0.1) is 5.82 Å². The summed E-state index contributed by atoms with van der Waals surface area (Å²) in [7, 11) is 0. The Labute approximate surface area is 167 Å². The maximum atomic E-state index is 13.0. The van der Waals surface area contributed by atoms with Gasteiger partial charge in [0.15, 0.2) is 0 Å². The van der Waals surface area contributed by atoms with Crippen molar-refractivity contribution < 1.29 is 18.8 Å². The molecule has 2 aliphatic rings. The van der Waals surface area contributed by atoms with Gasteiger partial charge in [0.2, 0.25) is 11.8 Å². The molecule has 0 spiro atoms. The number of hydrogen-bond donors (Lipinski definition) is 2. The first-order valence-electron chi connectivity index (χ1n) is 9.51. The van der Waals surface area contributed by atoms with Crippen molar-refractivity contribution in [2.45, 2.75) is 25.4 Å². The Bertz CT molecular complexity index is 947. The monoisotopic (exact) mass is 396 g/mol. The quantitative estimate of drug-likeness (QED) is 0.762. The molecule has 2 heterocycles. The molecular formula is C21H21FN4O3. The van der Waals surface area contributed by atoms with Crippen molar-refractivity contribution in [3.63, 3.8) is 0 Å². The van der Waals surface area contributed by atoms with Crippen LogP contribution >= 0.6 is 0 Å². The molecular weight excluding hydrogens is 375 g/mol. The Balaban J connectivity index is 1.32. The lowest BCUT2D eigenvalue weighted by molar-refractivity contribution is -0.129. The summed E-state index contributed by atoms with van der Waals surface area (Å²) in [6, 6.07) is 12.0. The molecule has 1 atom stereocenters. The van der Waals surface area contributed by atoms with Crippen LogP contribution in [0.1, 0.15) is 18.4 Å². The van der Waals surface area contributed by atoms with E-state index < -0.39 is 12.1 Å². The molecule has 0 aliphatic carbocycles. The van der Waals surface area contributed by atoms with Gasteiger partial charge in [-0.2, -0.15) is 0 Å². The van der Waals surface area contributed by atoms with Gasteiger partial charge in [0, 0.05) is 37.4 Å². The number of benzene rings is 2. The van der Waals surface area contributed by atoms with E-state index in [1.165, 1.54) is 12.1 Å². The number of carbonyl (C=O) groups excluding carboxylic acids is 3. The molecule has 0 bridgehead atoms. The van der Waals surface area contributed by atoms with E-state index >= 15 is 0 Å². The van der Waals surface area contributed by atoms with Gasteiger partial charge in [-0.1, -0.05) is 18.2 Å². The zero-order valence-corrected chi connectivity index (χ0v) is 15.7. The van der Waals surface area contributed by atoms with Crippen molar-refractivity contribution >= 4 is 29.2 Å². The first-order chi connectivity index (χ1) is 14.0. The van der Waals surface area contributed by atoms with Crippen LogP contribution in [-0.4, -0.2) is 41.9 Å². The summed E-state index contributed by atoms with van der Waals surface area (Å²) in [5, 5.41) is 5.42. The molecule has 7 nitrogen and oxygen atoms in total. The highest BCUT2D eigenvalue weighted by molar-refractivity contribution is 6.00. The van der Waals surface area contributed by atoms with Gasteiger partial charge in [0.1, 0.15) is 11.9 Å². The third kappa shape index (κ3) is 4.21. The Morgan fingerprint density at radius 1 is 1.10 bits per heavy atom. The number of rotatable bonds is 5. The third-order valence-electron chi connectivity index (χ3n) is 5.16. The lowest BCUT2D eigenvalue weighted by Crippen LogP contribution is -2.44. The second-order valence-corrected chi connectivity index (χ2v) is 7.17. The van der Waals surface area contributed by atoms with Gasteiger partial charge in [0.25, 0.3) is 0 Å². The van der Waals surface area contributed by atoms with E-state index in [2.05, 4.69) is 10.6 Å². The summed E-state index contributed by atoms with van der Waals surface area (Å²) in [5.74, 6) is -0.422. The van der Waals surface area contributed by atoms with E-state index in [0.717, 1.165) is 11.3 Å². The van der Waals surface area contributed by atoms with E-state index in [1.807, 2.05) is 6.07 Å². The number of nitrogens with one attached hydrogen (secondary N) is 2. The number of urea groups is 1. The first kappa shape index (κ1) is 18.9. The molecule has 2 fully saturated rings. The third-order valence-corrected chi connectivity index (χ3v) is 5.16.